The van der Waals surface area contributed by atoms with Crippen molar-refractivity contribution in [1.82, 2.24) is 10.6 Å². The monoisotopic (exact) mass is 1660 g/mol. The molecule has 0 saturated carbocycles. The fourth-order valence-electron chi connectivity index (χ4n) is 16.7. The Bertz CT molecular complexity index is 2380. The lowest BCUT2D eigenvalue weighted by Crippen LogP contribution is -2.70. The average molecular weight is 1660 g/mol. The molecule has 0 aromatic heterocycles. The van der Waals surface area contributed by atoms with Crippen LogP contribution in [0.4, 0.5) is 0 Å². The zero-order valence-corrected chi connectivity index (χ0v) is 73.1. The van der Waals surface area contributed by atoms with Gasteiger partial charge in [0.2, 0.25) is 11.8 Å². The van der Waals surface area contributed by atoms with Gasteiger partial charge in [-0.2, -0.15) is 0 Å². The molecule has 23 nitrogen and oxygen atoms in total. The van der Waals surface area contributed by atoms with E-state index in [0.29, 0.717) is 19.3 Å². The Balaban J connectivity index is 1.41. The second-order valence-electron chi connectivity index (χ2n) is 34.6. The number of aliphatic hydroxyl groups excluding tert-OH is 11. The Kier molecular flexibility index (Phi) is 65.4. The van der Waals surface area contributed by atoms with Crippen molar-refractivity contribution in [2.75, 3.05) is 26.4 Å². The van der Waals surface area contributed by atoms with Gasteiger partial charge in [-0.3, -0.25) is 9.59 Å². The van der Waals surface area contributed by atoms with Gasteiger partial charge in [0.05, 0.1) is 50.7 Å². The molecule has 682 valence electrons. The second-order valence-corrected chi connectivity index (χ2v) is 34.6. The number of carboxylic acids is 1. The van der Waals surface area contributed by atoms with Crippen LogP contribution in [0.25, 0.3) is 0 Å². The van der Waals surface area contributed by atoms with Crippen LogP contribution < -0.4 is 10.6 Å². The lowest BCUT2D eigenvalue weighted by molar-refractivity contribution is -0.386. The molecule has 3 aliphatic rings. The van der Waals surface area contributed by atoms with Gasteiger partial charge in [-0.25, -0.2) is 4.79 Å². The van der Waals surface area contributed by atoms with Crippen molar-refractivity contribution in [3.05, 3.63) is 24.3 Å². The van der Waals surface area contributed by atoms with Crippen LogP contribution in [0.15, 0.2) is 24.3 Å². The van der Waals surface area contributed by atoms with Gasteiger partial charge >= 0.3 is 5.97 Å². The number of carbonyl (C=O) groups excluding carboxylic acids is 2. The van der Waals surface area contributed by atoms with E-state index < -0.39 is 148 Å². The summed E-state index contributed by atoms with van der Waals surface area (Å²) < 4.78 is 35.1. The average Bonchev–Trinajstić information content (AvgIpc) is 0.754. The van der Waals surface area contributed by atoms with Gasteiger partial charge in [-0.1, -0.05) is 372 Å². The van der Waals surface area contributed by atoms with E-state index in [0.717, 1.165) is 64.7 Å². The first kappa shape index (κ1) is 107. The highest BCUT2D eigenvalue weighted by atomic mass is 16.8. The molecule has 23 heteroatoms. The summed E-state index contributed by atoms with van der Waals surface area (Å²) in [4.78, 5) is 38.9. The van der Waals surface area contributed by atoms with E-state index in [1.54, 1.807) is 0 Å². The standard InChI is InChI=1S/C93H174N2O21/c1-4-6-8-10-12-14-16-18-20-22-24-26-28-30-31-32-33-34-35-36-37-38-39-40-41-43-45-47-49-51-53-55-57-59-61-63-65-67-80(103)95-74(75(100)66-64-62-60-58-56-54-52-50-48-46-44-42-29-27-25-23-21-19-17-15-13-11-9-7-5-2)72-111-90-85(107)84(106)87(79(71-98)113-90)114-91-86(108)89(83(105)78(70-97)112-91)116-93(92(109)110)68-76(101)81(94-73(3)99)88(115-93)82(104)77(102)69-96/h31-32,34-35,74-79,81-91,96-98,100-102,104-108H,4-30,33,36-72H2,1-3H3,(H,94,99)(H,95,103)(H,109,110)/b32-31-,35-34-. The molecule has 0 aromatic carbocycles. The number of hydrogen-bond acceptors (Lipinski definition) is 20. The predicted octanol–water partition coefficient (Wildman–Crippen LogP) is 16.2. The maximum atomic E-state index is 13.6. The van der Waals surface area contributed by atoms with Crippen LogP contribution in [-0.4, -0.2) is 215 Å². The molecule has 0 spiro atoms. The van der Waals surface area contributed by atoms with Crippen LogP contribution in [0.5, 0.6) is 0 Å². The number of amides is 2. The molecule has 116 heavy (non-hydrogen) atoms. The number of hydrogen-bond donors (Lipinski definition) is 14. The van der Waals surface area contributed by atoms with E-state index in [4.69, 9.17) is 28.4 Å². The Morgan fingerprint density at radius 2 is 0.828 bits per heavy atom. The van der Waals surface area contributed by atoms with Crippen molar-refractivity contribution in [2.24, 2.45) is 0 Å². The fraction of sp³-hybridized carbons (Fsp3) is 0.925. The van der Waals surface area contributed by atoms with Crippen LogP contribution in [0.1, 0.15) is 412 Å². The van der Waals surface area contributed by atoms with Crippen molar-refractivity contribution >= 4 is 17.8 Å². The third-order valence-corrected chi connectivity index (χ3v) is 24.2. The smallest absolute Gasteiger partial charge is 0.364 e. The quantitative estimate of drug-likeness (QED) is 0.0199. The first-order valence-electron chi connectivity index (χ1n) is 47.7. The molecule has 0 aromatic rings. The SMILES string of the molecule is CCCCCCCCCCCCCCC/C=C\C/C=C\CCCCCCCCCCCCCCCCCCCC(=O)NC(COC1OC(CO)C(OC2OC(CO)C(O)C(OC3(C(=O)O)CC(O)C(NC(C)=O)C(C(O)C(O)CO)O3)C2O)C(O)C1O)C(O)CCCCCCCCCCCCCCCCCCCCCCCCCCC. The minimum absolute atomic E-state index is 0.226. The molecule has 0 radical (unpaired) electrons. The summed E-state index contributed by atoms with van der Waals surface area (Å²) in [6.45, 7) is 2.29. The topological polar surface area (TPSA) is 373 Å². The number of ether oxygens (including phenoxy) is 6. The normalized spacial score (nSPS) is 25.0. The third-order valence-electron chi connectivity index (χ3n) is 24.2. The highest BCUT2D eigenvalue weighted by molar-refractivity contribution is 5.77. The molecule has 0 bridgehead atoms. The maximum Gasteiger partial charge on any atom is 0.364 e. The first-order chi connectivity index (χ1) is 56.4. The van der Waals surface area contributed by atoms with Gasteiger partial charge in [0.25, 0.3) is 5.79 Å². The number of carbonyl (C=O) groups is 3. The van der Waals surface area contributed by atoms with E-state index in [9.17, 15) is 75.7 Å². The molecule has 14 N–H and O–H groups in total. The summed E-state index contributed by atoms with van der Waals surface area (Å²) in [5, 5.41) is 137. The van der Waals surface area contributed by atoms with Crippen molar-refractivity contribution in [3.8, 4) is 0 Å². The number of aliphatic hydroxyl groups is 11. The second kappa shape index (κ2) is 70.6. The molecule has 3 rings (SSSR count). The van der Waals surface area contributed by atoms with Gasteiger partial charge in [-0.05, 0) is 44.9 Å². The van der Waals surface area contributed by atoms with Crippen LogP contribution >= 0.6 is 0 Å². The van der Waals surface area contributed by atoms with Gasteiger partial charge in [0.15, 0.2) is 12.6 Å². The van der Waals surface area contributed by atoms with E-state index >= 15 is 0 Å². The number of allylic oxidation sites excluding steroid dienone is 4. The van der Waals surface area contributed by atoms with Crippen molar-refractivity contribution < 1.29 is 104 Å². The molecule has 3 fully saturated rings. The van der Waals surface area contributed by atoms with E-state index in [2.05, 4.69) is 48.8 Å². The minimum atomic E-state index is -3.08. The Labute approximate surface area is 702 Å². The van der Waals surface area contributed by atoms with Crippen LogP contribution in [-0.2, 0) is 42.8 Å². The zero-order chi connectivity index (χ0) is 84.5. The summed E-state index contributed by atoms with van der Waals surface area (Å²) in [6, 6.07) is -2.53. The molecule has 18 atom stereocenters. The van der Waals surface area contributed by atoms with E-state index in [1.165, 1.54) is 302 Å². The summed E-state index contributed by atoms with van der Waals surface area (Å²) in [7, 11) is 0. The summed E-state index contributed by atoms with van der Waals surface area (Å²) in [5.41, 5.74) is 0. The van der Waals surface area contributed by atoms with Crippen LogP contribution in [0.3, 0.4) is 0 Å². The summed E-state index contributed by atoms with van der Waals surface area (Å²) in [6.07, 6.45) is 54.8. The van der Waals surface area contributed by atoms with Crippen molar-refractivity contribution in [3.63, 3.8) is 0 Å². The highest BCUT2D eigenvalue weighted by Crippen LogP contribution is 2.39. The zero-order valence-electron chi connectivity index (χ0n) is 73.1. The van der Waals surface area contributed by atoms with Gasteiger partial charge < -0.3 is 100 Å². The molecule has 3 saturated heterocycles. The third kappa shape index (κ3) is 48.3. The van der Waals surface area contributed by atoms with Crippen LogP contribution in [0, 0.1) is 0 Å². The highest BCUT2D eigenvalue weighted by Gasteiger charge is 2.60. The van der Waals surface area contributed by atoms with Crippen molar-refractivity contribution in [1.29, 1.82) is 0 Å². The van der Waals surface area contributed by atoms with Gasteiger partial charge in [0, 0.05) is 19.8 Å². The number of carboxylic acid groups (broad SMARTS) is 1. The number of aliphatic carboxylic acids is 1. The predicted molar refractivity (Wildman–Crippen MR) is 458 cm³/mol. The molecular weight excluding hydrogens is 1480 g/mol. The van der Waals surface area contributed by atoms with Crippen LogP contribution in [0.2, 0.25) is 0 Å². The fourth-order valence-corrected chi connectivity index (χ4v) is 16.7. The number of rotatable bonds is 78. The lowest BCUT2D eigenvalue weighted by atomic mass is 9.88. The Morgan fingerprint density at radius 3 is 1.21 bits per heavy atom. The number of nitrogens with one attached hydrogen (secondary N) is 2. The molecule has 3 heterocycles. The van der Waals surface area contributed by atoms with E-state index in [1.807, 2.05) is 0 Å². The Hall–Kier alpha value is -2.79. The van der Waals surface area contributed by atoms with Crippen molar-refractivity contribution in [2.45, 2.75) is 522 Å². The summed E-state index contributed by atoms with van der Waals surface area (Å²) >= 11 is 0. The van der Waals surface area contributed by atoms with Gasteiger partial charge in [-0.15, -0.1) is 0 Å². The van der Waals surface area contributed by atoms with E-state index in [-0.39, 0.29) is 18.9 Å². The molecule has 2 amide bonds. The summed E-state index contributed by atoms with van der Waals surface area (Å²) in [5.74, 6) is -6.09. The first-order valence-corrected chi connectivity index (χ1v) is 47.7. The molecule has 3 aliphatic heterocycles. The molecular formula is C93H174N2O21. The molecule has 0 aliphatic carbocycles. The minimum Gasteiger partial charge on any atom is -0.477 e. The Morgan fingerprint density at radius 1 is 0.448 bits per heavy atom. The lowest BCUT2D eigenvalue weighted by Gasteiger charge is -2.50. The molecule has 18 unspecified atom stereocenters. The largest absolute Gasteiger partial charge is 0.477 e. The number of unbranched alkanes of at least 4 members (excludes halogenated alkanes) is 54. The maximum absolute atomic E-state index is 13.6. The van der Waals surface area contributed by atoms with Gasteiger partial charge in [0.1, 0.15) is 67.1 Å².